The molecule has 0 fully saturated rings. The lowest BCUT2D eigenvalue weighted by Crippen LogP contribution is -2.09. The van der Waals surface area contributed by atoms with Crippen LogP contribution in [0, 0.1) is 0 Å². The smallest absolute Gasteiger partial charge is 0.224 e. The van der Waals surface area contributed by atoms with Crippen LogP contribution < -0.4 is 5.32 Å². The van der Waals surface area contributed by atoms with Crippen molar-refractivity contribution in [1.82, 2.24) is 0 Å². The van der Waals surface area contributed by atoms with Gasteiger partial charge in [0.05, 0.1) is 4.83 Å². The van der Waals surface area contributed by atoms with Crippen molar-refractivity contribution in [3.8, 4) is 0 Å². The van der Waals surface area contributed by atoms with E-state index >= 15 is 0 Å². The first-order valence-corrected chi connectivity index (χ1v) is 8.14. The SMILES string of the molecule is O=C1CCCc2cc(C(Br)c3cccs3)ccc2N1. The van der Waals surface area contributed by atoms with E-state index in [0.717, 1.165) is 18.5 Å². The minimum absolute atomic E-state index is 0.125. The molecule has 1 amide bonds. The Hall–Kier alpha value is -1.13. The Morgan fingerprint density at radius 2 is 2.16 bits per heavy atom. The van der Waals surface area contributed by atoms with Gasteiger partial charge in [-0.3, -0.25) is 4.79 Å². The van der Waals surface area contributed by atoms with Crippen LogP contribution in [0.25, 0.3) is 0 Å². The maximum absolute atomic E-state index is 11.5. The highest BCUT2D eigenvalue weighted by atomic mass is 79.9. The van der Waals surface area contributed by atoms with E-state index in [9.17, 15) is 4.79 Å². The predicted molar refractivity (Wildman–Crippen MR) is 83.1 cm³/mol. The Labute approximate surface area is 125 Å². The molecule has 1 aliphatic heterocycles. The first-order chi connectivity index (χ1) is 9.24. The van der Waals surface area contributed by atoms with Gasteiger partial charge in [0, 0.05) is 17.0 Å². The van der Waals surface area contributed by atoms with E-state index in [0.29, 0.717) is 6.42 Å². The number of amides is 1. The number of thiophene rings is 1. The minimum atomic E-state index is 0.125. The van der Waals surface area contributed by atoms with E-state index in [2.05, 4.69) is 50.9 Å². The van der Waals surface area contributed by atoms with Gasteiger partial charge in [-0.15, -0.1) is 11.3 Å². The molecule has 1 aliphatic rings. The van der Waals surface area contributed by atoms with Gasteiger partial charge in [0.25, 0.3) is 0 Å². The summed E-state index contributed by atoms with van der Waals surface area (Å²) in [5.74, 6) is 0.125. The summed E-state index contributed by atoms with van der Waals surface area (Å²) in [5, 5.41) is 5.06. The number of alkyl halides is 1. The van der Waals surface area contributed by atoms with E-state index in [-0.39, 0.29) is 10.7 Å². The summed E-state index contributed by atoms with van der Waals surface area (Å²) >= 11 is 5.51. The zero-order valence-corrected chi connectivity index (χ0v) is 12.8. The van der Waals surface area contributed by atoms with Crippen LogP contribution in [0.2, 0.25) is 0 Å². The van der Waals surface area contributed by atoms with Crippen LogP contribution in [0.1, 0.15) is 33.7 Å². The summed E-state index contributed by atoms with van der Waals surface area (Å²) < 4.78 is 0. The van der Waals surface area contributed by atoms with Crippen molar-refractivity contribution in [3.05, 3.63) is 51.7 Å². The maximum atomic E-state index is 11.5. The van der Waals surface area contributed by atoms with Crippen LogP contribution >= 0.6 is 27.3 Å². The number of carbonyl (C=O) groups is 1. The van der Waals surface area contributed by atoms with Gasteiger partial charge in [0.2, 0.25) is 5.91 Å². The zero-order valence-electron chi connectivity index (χ0n) is 10.4. The van der Waals surface area contributed by atoms with Crippen LogP contribution in [-0.4, -0.2) is 5.91 Å². The van der Waals surface area contributed by atoms with Gasteiger partial charge in [-0.1, -0.05) is 34.1 Å². The van der Waals surface area contributed by atoms with Gasteiger partial charge in [-0.05, 0) is 41.5 Å². The average molecular weight is 336 g/mol. The van der Waals surface area contributed by atoms with Crippen LogP contribution in [0.3, 0.4) is 0 Å². The number of hydrogen-bond donors (Lipinski definition) is 1. The Morgan fingerprint density at radius 1 is 1.26 bits per heavy atom. The molecule has 1 unspecified atom stereocenters. The maximum Gasteiger partial charge on any atom is 0.224 e. The summed E-state index contributed by atoms with van der Waals surface area (Å²) in [6, 6.07) is 10.5. The van der Waals surface area contributed by atoms with E-state index in [1.165, 1.54) is 16.0 Å². The molecule has 1 atom stereocenters. The van der Waals surface area contributed by atoms with Crippen molar-refractivity contribution in [2.75, 3.05) is 5.32 Å². The third-order valence-electron chi connectivity index (χ3n) is 3.34. The molecule has 1 aromatic heterocycles. The lowest BCUT2D eigenvalue weighted by molar-refractivity contribution is -0.116. The molecule has 19 heavy (non-hydrogen) atoms. The van der Waals surface area contributed by atoms with Gasteiger partial charge in [-0.25, -0.2) is 0 Å². The van der Waals surface area contributed by atoms with Gasteiger partial charge >= 0.3 is 0 Å². The quantitative estimate of drug-likeness (QED) is 0.804. The molecule has 0 aliphatic carbocycles. The monoisotopic (exact) mass is 335 g/mol. The number of benzene rings is 1. The van der Waals surface area contributed by atoms with Gasteiger partial charge in [0.15, 0.2) is 0 Å². The molecular formula is C15H14BrNOS. The largest absolute Gasteiger partial charge is 0.326 e. The summed E-state index contributed by atoms with van der Waals surface area (Å²) in [7, 11) is 0. The van der Waals surface area contributed by atoms with Gasteiger partial charge in [0.1, 0.15) is 0 Å². The number of aryl methyl sites for hydroxylation is 1. The lowest BCUT2D eigenvalue weighted by atomic mass is 10.0. The Morgan fingerprint density at radius 3 is 2.95 bits per heavy atom. The molecule has 4 heteroatoms. The highest BCUT2D eigenvalue weighted by Crippen LogP contribution is 2.36. The van der Waals surface area contributed by atoms with Crippen molar-refractivity contribution in [2.45, 2.75) is 24.1 Å². The fourth-order valence-electron chi connectivity index (χ4n) is 2.35. The zero-order chi connectivity index (χ0) is 13.2. The number of fused-ring (bicyclic) bond motifs is 1. The second-order valence-electron chi connectivity index (χ2n) is 4.70. The molecular weight excluding hydrogens is 322 g/mol. The molecule has 0 saturated heterocycles. The average Bonchev–Trinajstić information content (AvgIpc) is 2.87. The van der Waals surface area contributed by atoms with E-state index in [1.807, 2.05) is 6.07 Å². The fraction of sp³-hybridized carbons (Fsp3) is 0.267. The number of carbonyl (C=O) groups excluding carboxylic acids is 1. The van der Waals surface area contributed by atoms with Crippen molar-refractivity contribution in [2.24, 2.45) is 0 Å². The van der Waals surface area contributed by atoms with Crippen LogP contribution in [0.4, 0.5) is 5.69 Å². The second kappa shape index (κ2) is 5.47. The molecule has 2 nitrogen and oxygen atoms in total. The summed E-state index contributed by atoms with van der Waals surface area (Å²) in [5.41, 5.74) is 3.46. The second-order valence-corrected chi connectivity index (χ2v) is 6.59. The summed E-state index contributed by atoms with van der Waals surface area (Å²) in [6.45, 7) is 0. The third kappa shape index (κ3) is 2.74. The lowest BCUT2D eigenvalue weighted by Gasteiger charge is -2.12. The number of anilines is 1. The Bertz CT molecular complexity index is 594. The highest BCUT2D eigenvalue weighted by Gasteiger charge is 2.16. The number of hydrogen-bond acceptors (Lipinski definition) is 2. The van der Waals surface area contributed by atoms with Crippen molar-refractivity contribution < 1.29 is 4.79 Å². The van der Waals surface area contributed by atoms with Crippen LogP contribution in [0.5, 0.6) is 0 Å². The molecule has 0 bridgehead atoms. The standard InChI is InChI=1S/C15H14BrNOS/c16-15(13-4-2-8-19-13)11-6-7-12-10(9-11)3-1-5-14(18)17-12/h2,4,6-9,15H,1,3,5H2,(H,17,18). The number of rotatable bonds is 2. The van der Waals surface area contributed by atoms with E-state index in [1.54, 1.807) is 11.3 Å². The molecule has 2 heterocycles. The first-order valence-electron chi connectivity index (χ1n) is 6.34. The topological polar surface area (TPSA) is 29.1 Å². The first kappa shape index (κ1) is 12.9. The van der Waals surface area contributed by atoms with Gasteiger partial charge in [-0.2, -0.15) is 0 Å². The normalized spacial score (nSPS) is 16.4. The number of nitrogens with one attached hydrogen (secondary N) is 1. The molecule has 1 aromatic carbocycles. The molecule has 0 spiro atoms. The van der Waals surface area contributed by atoms with Gasteiger partial charge < -0.3 is 5.32 Å². The molecule has 3 rings (SSSR count). The molecule has 1 N–H and O–H groups in total. The van der Waals surface area contributed by atoms with E-state index in [4.69, 9.17) is 0 Å². The van der Waals surface area contributed by atoms with E-state index < -0.39 is 0 Å². The fourth-order valence-corrected chi connectivity index (χ4v) is 3.84. The van der Waals surface area contributed by atoms with Crippen LogP contribution in [-0.2, 0) is 11.2 Å². The van der Waals surface area contributed by atoms with Crippen molar-refractivity contribution >= 4 is 38.9 Å². The minimum Gasteiger partial charge on any atom is -0.326 e. The van der Waals surface area contributed by atoms with Crippen molar-refractivity contribution in [3.63, 3.8) is 0 Å². The Balaban J connectivity index is 1.93. The summed E-state index contributed by atoms with van der Waals surface area (Å²) in [6.07, 6.45) is 2.51. The van der Waals surface area contributed by atoms with Crippen molar-refractivity contribution in [1.29, 1.82) is 0 Å². The Kier molecular flexibility index (Phi) is 3.71. The summed E-state index contributed by atoms with van der Waals surface area (Å²) in [4.78, 5) is 13.1. The van der Waals surface area contributed by atoms with Crippen LogP contribution in [0.15, 0.2) is 35.7 Å². The third-order valence-corrected chi connectivity index (χ3v) is 5.60. The number of halogens is 1. The molecule has 0 saturated carbocycles. The highest BCUT2D eigenvalue weighted by molar-refractivity contribution is 9.09. The molecule has 2 aromatic rings. The predicted octanol–water partition coefficient (Wildman–Crippen LogP) is 4.51. The molecule has 0 radical (unpaired) electrons. The molecule has 98 valence electrons.